The fourth-order valence-electron chi connectivity index (χ4n) is 3.21. The van der Waals surface area contributed by atoms with Crippen molar-refractivity contribution in [3.63, 3.8) is 0 Å². The van der Waals surface area contributed by atoms with Crippen LogP contribution in [0.2, 0.25) is 5.02 Å². The van der Waals surface area contributed by atoms with E-state index in [9.17, 15) is 4.79 Å². The van der Waals surface area contributed by atoms with Crippen molar-refractivity contribution in [1.29, 1.82) is 0 Å². The van der Waals surface area contributed by atoms with Gasteiger partial charge in [-0.05, 0) is 49.5 Å². The molecular formula is C21H21ClN4OS2. The number of amides is 1. The first-order chi connectivity index (χ1) is 14.1. The van der Waals surface area contributed by atoms with E-state index in [1.165, 1.54) is 22.7 Å². The molecule has 2 aromatic carbocycles. The molecule has 2 aromatic heterocycles. The van der Waals surface area contributed by atoms with Crippen LogP contribution in [0.25, 0.3) is 20.4 Å². The van der Waals surface area contributed by atoms with Crippen molar-refractivity contribution >= 4 is 65.7 Å². The minimum absolute atomic E-state index is 0.0439. The first kappa shape index (κ1) is 20.2. The molecule has 0 aliphatic heterocycles. The quantitative estimate of drug-likeness (QED) is 0.375. The molecule has 0 fully saturated rings. The maximum absolute atomic E-state index is 13.5. The normalized spacial score (nSPS) is 11.6. The van der Waals surface area contributed by atoms with Gasteiger partial charge < -0.3 is 4.90 Å². The summed E-state index contributed by atoms with van der Waals surface area (Å²) in [6.45, 7) is 7.52. The molecule has 0 unspecified atom stereocenters. The van der Waals surface area contributed by atoms with Gasteiger partial charge in [-0.2, -0.15) is 0 Å². The van der Waals surface area contributed by atoms with E-state index in [1.807, 2.05) is 36.4 Å². The van der Waals surface area contributed by atoms with E-state index >= 15 is 0 Å². The zero-order valence-corrected chi connectivity index (χ0v) is 18.7. The predicted octanol–water partition coefficient (Wildman–Crippen LogP) is 5.55. The predicted molar refractivity (Wildman–Crippen MR) is 124 cm³/mol. The Kier molecular flexibility index (Phi) is 6.10. The van der Waals surface area contributed by atoms with Crippen LogP contribution >= 0.6 is 34.3 Å². The van der Waals surface area contributed by atoms with Crippen LogP contribution in [-0.2, 0) is 0 Å². The molecule has 150 valence electrons. The van der Waals surface area contributed by atoms with Gasteiger partial charge in [0.15, 0.2) is 5.13 Å². The highest BCUT2D eigenvalue weighted by Crippen LogP contribution is 2.32. The lowest BCUT2D eigenvalue weighted by Gasteiger charge is -2.24. The van der Waals surface area contributed by atoms with Gasteiger partial charge in [-0.1, -0.05) is 36.8 Å². The number of anilines is 1. The van der Waals surface area contributed by atoms with Gasteiger partial charge in [0, 0.05) is 23.7 Å². The van der Waals surface area contributed by atoms with Crippen molar-refractivity contribution in [3.05, 3.63) is 52.5 Å². The summed E-state index contributed by atoms with van der Waals surface area (Å²) in [7, 11) is 0. The van der Waals surface area contributed by atoms with Crippen molar-refractivity contribution in [3.8, 4) is 0 Å². The molecule has 0 aliphatic carbocycles. The number of nitrogens with zero attached hydrogens (tertiary/aromatic N) is 4. The molecular weight excluding hydrogens is 424 g/mol. The van der Waals surface area contributed by atoms with Gasteiger partial charge in [-0.15, -0.1) is 11.3 Å². The second kappa shape index (κ2) is 8.75. The Morgan fingerprint density at radius 2 is 1.83 bits per heavy atom. The number of carbonyl (C=O) groups excluding carboxylic acids is 1. The lowest BCUT2D eigenvalue weighted by Crippen LogP contribution is -2.38. The summed E-state index contributed by atoms with van der Waals surface area (Å²) in [5.74, 6) is -0.0439. The summed E-state index contributed by atoms with van der Waals surface area (Å²) < 4.78 is 1.99. The molecule has 0 saturated heterocycles. The van der Waals surface area contributed by atoms with E-state index in [2.05, 4.69) is 23.7 Å². The molecule has 0 bridgehead atoms. The van der Waals surface area contributed by atoms with Crippen LogP contribution in [-0.4, -0.2) is 47.0 Å². The van der Waals surface area contributed by atoms with Crippen molar-refractivity contribution in [1.82, 2.24) is 14.9 Å². The van der Waals surface area contributed by atoms with E-state index < -0.39 is 0 Å². The average Bonchev–Trinajstić information content (AvgIpc) is 3.36. The second-order valence-electron chi connectivity index (χ2n) is 6.63. The monoisotopic (exact) mass is 444 g/mol. The second-order valence-corrected chi connectivity index (χ2v) is 8.96. The van der Waals surface area contributed by atoms with Crippen LogP contribution in [0.3, 0.4) is 0 Å². The Morgan fingerprint density at radius 1 is 1.03 bits per heavy atom. The van der Waals surface area contributed by atoms with Crippen LogP contribution in [0, 0.1) is 0 Å². The minimum atomic E-state index is -0.0439. The summed E-state index contributed by atoms with van der Waals surface area (Å²) in [6.07, 6.45) is 0. The number of halogens is 1. The fourth-order valence-corrected chi connectivity index (χ4v) is 5.19. The molecule has 8 heteroatoms. The van der Waals surface area contributed by atoms with Crippen molar-refractivity contribution < 1.29 is 4.79 Å². The number of likely N-dealkylation sites (N-methyl/N-ethyl adjacent to an activating group) is 1. The number of benzene rings is 2. The molecule has 0 aliphatic rings. The zero-order chi connectivity index (χ0) is 20.4. The number of carbonyl (C=O) groups is 1. The van der Waals surface area contributed by atoms with E-state index in [1.54, 1.807) is 10.4 Å². The summed E-state index contributed by atoms with van der Waals surface area (Å²) in [5.41, 5.74) is 4.22. The number of hydrogen-bond donors (Lipinski definition) is 0. The molecule has 4 rings (SSSR count). The Hall–Kier alpha value is -2.06. The first-order valence-electron chi connectivity index (χ1n) is 9.52. The summed E-state index contributed by atoms with van der Waals surface area (Å²) in [4.78, 5) is 26.6. The maximum atomic E-state index is 13.5. The van der Waals surface area contributed by atoms with Gasteiger partial charge in [0.2, 0.25) is 0 Å². The molecule has 0 N–H and O–H groups in total. The molecule has 0 saturated carbocycles. The highest BCUT2D eigenvalue weighted by molar-refractivity contribution is 7.22. The number of thiazole rings is 2. The summed E-state index contributed by atoms with van der Waals surface area (Å²) >= 11 is 9.17. The molecule has 2 heterocycles. The molecule has 0 spiro atoms. The van der Waals surface area contributed by atoms with Crippen LogP contribution in [0.15, 0.2) is 41.9 Å². The van der Waals surface area contributed by atoms with Crippen LogP contribution in [0.4, 0.5) is 5.13 Å². The van der Waals surface area contributed by atoms with E-state index in [0.29, 0.717) is 22.3 Å². The lowest BCUT2D eigenvalue weighted by molar-refractivity contribution is 0.0984. The largest absolute Gasteiger partial charge is 0.302 e. The van der Waals surface area contributed by atoms with Crippen LogP contribution in [0.1, 0.15) is 24.2 Å². The van der Waals surface area contributed by atoms with E-state index in [0.717, 1.165) is 40.1 Å². The number of hydrogen-bond acceptors (Lipinski definition) is 6. The van der Waals surface area contributed by atoms with Gasteiger partial charge in [0.25, 0.3) is 5.91 Å². The number of fused-ring (bicyclic) bond motifs is 2. The summed E-state index contributed by atoms with van der Waals surface area (Å²) in [6, 6.07) is 11.3. The Balaban J connectivity index is 1.70. The molecule has 0 atom stereocenters. The van der Waals surface area contributed by atoms with Crippen molar-refractivity contribution in [2.24, 2.45) is 0 Å². The van der Waals surface area contributed by atoms with E-state index in [4.69, 9.17) is 16.6 Å². The minimum Gasteiger partial charge on any atom is -0.302 e. The van der Waals surface area contributed by atoms with Gasteiger partial charge in [0.1, 0.15) is 0 Å². The van der Waals surface area contributed by atoms with Crippen molar-refractivity contribution in [2.45, 2.75) is 13.8 Å². The average molecular weight is 445 g/mol. The molecule has 0 radical (unpaired) electrons. The molecule has 1 amide bonds. The highest BCUT2D eigenvalue weighted by Gasteiger charge is 2.22. The third kappa shape index (κ3) is 4.28. The smallest absolute Gasteiger partial charge is 0.260 e. The van der Waals surface area contributed by atoms with Crippen LogP contribution in [0.5, 0.6) is 0 Å². The standard InChI is InChI=1S/C21H21ClN4OS2/c1-3-25(4-2)9-10-26(21-24-17-8-6-15(22)12-19(17)29-21)20(27)14-5-7-16-18(11-14)28-13-23-16/h5-8,11-13H,3-4,9-10H2,1-2H3. The summed E-state index contributed by atoms with van der Waals surface area (Å²) in [5, 5.41) is 1.37. The highest BCUT2D eigenvalue weighted by atomic mass is 35.5. The Labute approximate surface area is 182 Å². The SMILES string of the molecule is CCN(CC)CCN(C(=O)c1ccc2ncsc2c1)c1nc2ccc(Cl)cc2s1. The Morgan fingerprint density at radius 3 is 2.62 bits per heavy atom. The van der Waals surface area contributed by atoms with Crippen LogP contribution < -0.4 is 4.90 Å². The molecule has 4 aromatic rings. The molecule has 5 nitrogen and oxygen atoms in total. The maximum Gasteiger partial charge on any atom is 0.260 e. The third-order valence-corrected chi connectivity index (χ3v) is 7.00. The number of aromatic nitrogens is 2. The van der Waals surface area contributed by atoms with E-state index in [-0.39, 0.29) is 5.91 Å². The first-order valence-corrected chi connectivity index (χ1v) is 11.6. The lowest BCUT2D eigenvalue weighted by atomic mass is 10.2. The van der Waals surface area contributed by atoms with Gasteiger partial charge in [0.05, 0.1) is 25.9 Å². The Bertz CT molecular complexity index is 1150. The van der Waals surface area contributed by atoms with Gasteiger partial charge >= 0.3 is 0 Å². The third-order valence-electron chi connectivity index (χ3n) is 4.93. The van der Waals surface area contributed by atoms with Gasteiger partial charge in [-0.3, -0.25) is 9.69 Å². The fraction of sp³-hybridized carbons (Fsp3) is 0.286. The zero-order valence-electron chi connectivity index (χ0n) is 16.3. The topological polar surface area (TPSA) is 49.3 Å². The van der Waals surface area contributed by atoms with Crippen molar-refractivity contribution in [2.75, 3.05) is 31.1 Å². The van der Waals surface area contributed by atoms with Gasteiger partial charge in [-0.25, -0.2) is 9.97 Å². The molecule has 29 heavy (non-hydrogen) atoms. The number of rotatable bonds is 7.